The van der Waals surface area contributed by atoms with Gasteiger partial charge in [-0.15, -0.1) is 0 Å². The predicted octanol–water partition coefficient (Wildman–Crippen LogP) is 2.16. The second-order valence-electron chi connectivity index (χ2n) is 2.56. The van der Waals surface area contributed by atoms with Crippen LogP contribution in [0.4, 0.5) is 5.82 Å². The van der Waals surface area contributed by atoms with Gasteiger partial charge in [-0.3, -0.25) is 4.98 Å². The zero-order chi connectivity index (χ0) is 9.52. The Hall–Kier alpha value is -0.770. The van der Waals surface area contributed by atoms with E-state index in [1.807, 2.05) is 24.9 Å². The van der Waals surface area contributed by atoms with Gasteiger partial charge in [0.25, 0.3) is 0 Å². The number of hydrogen-bond donors (Lipinski definition) is 1. The number of nitrogens with zero attached hydrogens (tertiary/aromatic N) is 2. The Morgan fingerprint density at radius 3 is 2.69 bits per heavy atom. The first kappa shape index (κ1) is 10.3. The molecule has 0 bridgehead atoms. The van der Waals surface area contributed by atoms with E-state index in [1.54, 1.807) is 6.20 Å². The van der Waals surface area contributed by atoms with Crippen LogP contribution in [0.2, 0.25) is 0 Å². The summed E-state index contributed by atoms with van der Waals surface area (Å²) in [6.45, 7) is 5.07. The highest BCUT2D eigenvalue weighted by Gasteiger charge is 1.95. The molecule has 0 atom stereocenters. The van der Waals surface area contributed by atoms with E-state index in [4.69, 9.17) is 0 Å². The molecule has 72 valence electrons. The molecule has 0 aliphatic carbocycles. The molecule has 1 aromatic heterocycles. The molecule has 3 nitrogen and oxygen atoms in total. The zero-order valence-corrected chi connectivity index (χ0v) is 8.90. The van der Waals surface area contributed by atoms with E-state index >= 15 is 0 Å². The smallest absolute Gasteiger partial charge is 0.144 e. The Kier molecular flexibility index (Phi) is 4.60. The summed E-state index contributed by atoms with van der Waals surface area (Å²) in [4.78, 5) is 8.52. The molecule has 4 heteroatoms. The van der Waals surface area contributed by atoms with Crippen molar-refractivity contribution >= 4 is 17.6 Å². The van der Waals surface area contributed by atoms with Gasteiger partial charge in [0, 0.05) is 12.3 Å². The van der Waals surface area contributed by atoms with Gasteiger partial charge in [-0.2, -0.15) is 11.8 Å². The van der Waals surface area contributed by atoms with Crippen molar-refractivity contribution in [3.8, 4) is 0 Å². The first-order valence-corrected chi connectivity index (χ1v) is 5.64. The molecule has 0 saturated heterocycles. The van der Waals surface area contributed by atoms with E-state index in [2.05, 4.69) is 22.2 Å². The number of aromatic nitrogens is 2. The normalized spacial score (nSPS) is 10.0. The van der Waals surface area contributed by atoms with Crippen LogP contribution in [0.5, 0.6) is 0 Å². The molecule has 0 amide bonds. The number of anilines is 1. The van der Waals surface area contributed by atoms with Crippen molar-refractivity contribution in [2.75, 3.05) is 17.6 Å². The summed E-state index contributed by atoms with van der Waals surface area (Å²) in [7, 11) is 0. The maximum atomic E-state index is 4.29. The van der Waals surface area contributed by atoms with Crippen LogP contribution in [0.3, 0.4) is 0 Å². The molecule has 0 aromatic carbocycles. The van der Waals surface area contributed by atoms with Crippen molar-refractivity contribution in [2.24, 2.45) is 0 Å². The van der Waals surface area contributed by atoms with Gasteiger partial charge < -0.3 is 5.32 Å². The molecule has 1 N–H and O–H groups in total. The fraction of sp³-hybridized carbons (Fsp3) is 0.556. The molecule has 0 aliphatic rings. The van der Waals surface area contributed by atoms with Gasteiger partial charge in [0.15, 0.2) is 0 Å². The highest BCUT2D eigenvalue weighted by atomic mass is 32.2. The van der Waals surface area contributed by atoms with Crippen LogP contribution < -0.4 is 5.32 Å². The minimum absolute atomic E-state index is 0.854. The molecule has 0 unspecified atom stereocenters. The minimum Gasteiger partial charge on any atom is -0.369 e. The van der Waals surface area contributed by atoms with Crippen molar-refractivity contribution in [1.29, 1.82) is 0 Å². The van der Waals surface area contributed by atoms with Crippen LogP contribution >= 0.6 is 11.8 Å². The monoisotopic (exact) mass is 197 g/mol. The molecular weight excluding hydrogens is 182 g/mol. The summed E-state index contributed by atoms with van der Waals surface area (Å²) in [6.07, 6.45) is 3.62. The third kappa shape index (κ3) is 3.63. The molecule has 0 fully saturated rings. The first-order valence-electron chi connectivity index (χ1n) is 4.49. The quantitative estimate of drug-likeness (QED) is 0.785. The topological polar surface area (TPSA) is 37.8 Å². The summed E-state index contributed by atoms with van der Waals surface area (Å²) in [5.41, 5.74) is 1.05. The number of rotatable bonds is 5. The van der Waals surface area contributed by atoms with Crippen molar-refractivity contribution in [3.63, 3.8) is 0 Å². The molecule has 0 aliphatic heterocycles. The van der Waals surface area contributed by atoms with Crippen LogP contribution in [-0.4, -0.2) is 22.3 Å². The molecular formula is C9H15N3S. The molecule has 1 heterocycles. The largest absolute Gasteiger partial charge is 0.369 e. The highest BCUT2D eigenvalue weighted by Crippen LogP contribution is 2.09. The van der Waals surface area contributed by atoms with E-state index in [1.165, 1.54) is 0 Å². The second kappa shape index (κ2) is 5.80. The molecule has 0 saturated carbocycles. The van der Waals surface area contributed by atoms with Gasteiger partial charge in [-0.05, 0) is 12.7 Å². The zero-order valence-electron chi connectivity index (χ0n) is 8.08. The van der Waals surface area contributed by atoms with E-state index < -0.39 is 0 Å². The number of hydrogen-bond acceptors (Lipinski definition) is 4. The third-order valence-electron chi connectivity index (χ3n) is 1.52. The molecule has 0 spiro atoms. The summed E-state index contributed by atoms with van der Waals surface area (Å²) in [5.74, 6) is 2.93. The standard InChI is InChI=1S/C9H15N3S/c1-3-10-9-6-11-8(5-12-9)7-13-4-2/h5-6H,3-4,7H2,1-2H3,(H,10,12). The van der Waals surface area contributed by atoms with Crippen LogP contribution in [0.1, 0.15) is 19.5 Å². The summed E-state index contributed by atoms with van der Waals surface area (Å²) in [5, 5.41) is 3.11. The Bertz CT molecular complexity index is 235. The lowest BCUT2D eigenvalue weighted by Gasteiger charge is -2.02. The Balaban J connectivity index is 2.48. The fourth-order valence-corrected chi connectivity index (χ4v) is 1.47. The predicted molar refractivity (Wildman–Crippen MR) is 58.0 cm³/mol. The van der Waals surface area contributed by atoms with Crippen molar-refractivity contribution in [3.05, 3.63) is 18.1 Å². The fourth-order valence-electron chi connectivity index (χ4n) is 0.908. The first-order chi connectivity index (χ1) is 6.36. The van der Waals surface area contributed by atoms with Crippen LogP contribution in [-0.2, 0) is 5.75 Å². The van der Waals surface area contributed by atoms with Crippen molar-refractivity contribution in [2.45, 2.75) is 19.6 Å². The van der Waals surface area contributed by atoms with E-state index in [9.17, 15) is 0 Å². The maximum absolute atomic E-state index is 4.29. The van der Waals surface area contributed by atoms with Gasteiger partial charge >= 0.3 is 0 Å². The van der Waals surface area contributed by atoms with Gasteiger partial charge in [0.1, 0.15) is 5.82 Å². The lowest BCUT2D eigenvalue weighted by atomic mass is 10.5. The average molecular weight is 197 g/mol. The van der Waals surface area contributed by atoms with Crippen LogP contribution in [0, 0.1) is 0 Å². The number of nitrogens with one attached hydrogen (secondary N) is 1. The van der Waals surface area contributed by atoms with Crippen LogP contribution in [0.15, 0.2) is 12.4 Å². The summed E-state index contributed by atoms with van der Waals surface area (Å²) < 4.78 is 0. The number of thioether (sulfide) groups is 1. The highest BCUT2D eigenvalue weighted by molar-refractivity contribution is 7.98. The van der Waals surface area contributed by atoms with Gasteiger partial charge in [0.05, 0.1) is 18.1 Å². The Morgan fingerprint density at radius 2 is 2.15 bits per heavy atom. The van der Waals surface area contributed by atoms with E-state index in [0.717, 1.165) is 29.6 Å². The van der Waals surface area contributed by atoms with Crippen molar-refractivity contribution in [1.82, 2.24) is 9.97 Å². The lowest BCUT2D eigenvalue weighted by molar-refractivity contribution is 1.07. The minimum atomic E-state index is 0.854. The Labute approximate surface area is 83.4 Å². The Morgan fingerprint density at radius 1 is 1.31 bits per heavy atom. The lowest BCUT2D eigenvalue weighted by Crippen LogP contribution is -2.00. The van der Waals surface area contributed by atoms with Gasteiger partial charge in [-0.1, -0.05) is 6.92 Å². The van der Waals surface area contributed by atoms with Gasteiger partial charge in [-0.25, -0.2) is 4.98 Å². The van der Waals surface area contributed by atoms with E-state index in [0.29, 0.717) is 0 Å². The average Bonchev–Trinajstić information content (AvgIpc) is 2.17. The summed E-state index contributed by atoms with van der Waals surface area (Å²) in [6, 6.07) is 0. The molecule has 1 rings (SSSR count). The van der Waals surface area contributed by atoms with Gasteiger partial charge in [0.2, 0.25) is 0 Å². The molecule has 13 heavy (non-hydrogen) atoms. The third-order valence-corrected chi connectivity index (χ3v) is 2.43. The van der Waals surface area contributed by atoms with Crippen molar-refractivity contribution < 1.29 is 0 Å². The van der Waals surface area contributed by atoms with Crippen LogP contribution in [0.25, 0.3) is 0 Å². The SMILES string of the molecule is CCNc1cnc(CSCC)cn1. The maximum Gasteiger partial charge on any atom is 0.144 e. The molecule has 1 aromatic rings. The second-order valence-corrected chi connectivity index (χ2v) is 3.83. The van der Waals surface area contributed by atoms with E-state index in [-0.39, 0.29) is 0 Å². The summed E-state index contributed by atoms with van der Waals surface area (Å²) >= 11 is 1.86. The molecule has 0 radical (unpaired) electrons.